The van der Waals surface area contributed by atoms with Crippen LogP contribution < -0.4 is 0 Å². The quantitative estimate of drug-likeness (QED) is 0.701. The van der Waals surface area contributed by atoms with Crippen molar-refractivity contribution in [2.24, 2.45) is 0 Å². The number of amides is 1. The van der Waals surface area contributed by atoms with Gasteiger partial charge < -0.3 is 4.90 Å². The zero-order valence-corrected chi connectivity index (χ0v) is 18.0. The highest BCUT2D eigenvalue weighted by molar-refractivity contribution is 7.89. The van der Waals surface area contributed by atoms with Crippen LogP contribution in [0.15, 0.2) is 23.2 Å². The van der Waals surface area contributed by atoms with Gasteiger partial charge in [-0.05, 0) is 39.8 Å². The first kappa shape index (κ1) is 20.8. The average molecular weight is 426 g/mol. The van der Waals surface area contributed by atoms with Gasteiger partial charge in [0.15, 0.2) is 0 Å². The Hall–Kier alpha value is -1.97. The second-order valence-electron chi connectivity index (χ2n) is 7.10. The number of carbonyl (C=O) groups is 1. The Morgan fingerprint density at radius 2 is 1.79 bits per heavy atom. The Balaban J connectivity index is 1.76. The summed E-state index contributed by atoms with van der Waals surface area (Å²) in [5.74, 6) is -0.179. The number of sulfonamides is 1. The lowest BCUT2D eigenvalue weighted by Gasteiger charge is -2.34. The monoisotopic (exact) mass is 425 g/mol. The molecule has 0 aromatic carbocycles. The second-order valence-corrected chi connectivity index (χ2v) is 9.37. The molecule has 1 saturated heterocycles. The highest BCUT2D eigenvalue weighted by atomic mass is 35.5. The van der Waals surface area contributed by atoms with Gasteiger partial charge in [0, 0.05) is 38.4 Å². The van der Waals surface area contributed by atoms with E-state index in [0.717, 1.165) is 0 Å². The van der Waals surface area contributed by atoms with Crippen molar-refractivity contribution in [1.29, 1.82) is 0 Å². The van der Waals surface area contributed by atoms with Gasteiger partial charge in [-0.1, -0.05) is 11.6 Å². The van der Waals surface area contributed by atoms with Gasteiger partial charge in [0.05, 0.1) is 17.0 Å². The first-order chi connectivity index (χ1) is 13.1. The fourth-order valence-electron chi connectivity index (χ4n) is 3.47. The number of hydrogen-bond donors (Lipinski definition) is 0. The van der Waals surface area contributed by atoms with Gasteiger partial charge in [-0.25, -0.2) is 13.4 Å². The molecule has 1 aliphatic heterocycles. The van der Waals surface area contributed by atoms with Crippen LogP contribution in [0.25, 0.3) is 0 Å². The SMILES string of the molecule is Cc1nn(C(C)C)c(C)c1S(=O)(=O)N1CCN(C(=O)c2ccc(Cl)nc2)CC1. The summed E-state index contributed by atoms with van der Waals surface area (Å²) in [4.78, 5) is 18.4. The number of aryl methyl sites for hydroxylation is 1. The van der Waals surface area contributed by atoms with Crippen LogP contribution >= 0.6 is 11.6 Å². The zero-order chi connectivity index (χ0) is 20.6. The molecule has 3 rings (SSSR count). The minimum absolute atomic E-state index is 0.0742. The molecule has 10 heteroatoms. The van der Waals surface area contributed by atoms with Crippen LogP contribution in [0.2, 0.25) is 5.15 Å². The third kappa shape index (κ3) is 3.78. The molecule has 8 nitrogen and oxygen atoms in total. The number of piperazine rings is 1. The summed E-state index contributed by atoms with van der Waals surface area (Å²) in [5.41, 5.74) is 1.57. The van der Waals surface area contributed by atoms with Crippen LogP contribution in [0.1, 0.15) is 41.6 Å². The number of pyridine rings is 1. The molecule has 0 unspecified atom stereocenters. The Labute approximate surface area is 170 Å². The number of aromatic nitrogens is 3. The predicted octanol–water partition coefficient (Wildman–Crippen LogP) is 2.28. The molecule has 1 amide bonds. The standard InChI is InChI=1S/C18H24ClN5O3S/c1-12(2)24-14(4)17(13(3)21-24)28(26,27)23-9-7-22(8-10-23)18(25)15-5-6-16(19)20-11-15/h5-6,11-12H,7-10H2,1-4H3. The minimum Gasteiger partial charge on any atom is -0.336 e. The van der Waals surface area contributed by atoms with Crippen molar-refractivity contribution in [3.63, 3.8) is 0 Å². The van der Waals surface area contributed by atoms with Gasteiger partial charge in [-0.3, -0.25) is 9.48 Å². The van der Waals surface area contributed by atoms with Gasteiger partial charge in [0.2, 0.25) is 10.0 Å². The topological polar surface area (TPSA) is 88.4 Å². The smallest absolute Gasteiger partial charge is 0.255 e. The summed E-state index contributed by atoms with van der Waals surface area (Å²) >= 11 is 5.76. The molecule has 0 atom stereocenters. The minimum atomic E-state index is -3.67. The molecule has 2 aromatic heterocycles. The van der Waals surface area contributed by atoms with Crippen molar-refractivity contribution in [2.75, 3.05) is 26.2 Å². The molecule has 1 aliphatic rings. The van der Waals surface area contributed by atoms with Crippen molar-refractivity contribution in [3.8, 4) is 0 Å². The van der Waals surface area contributed by atoms with Crippen molar-refractivity contribution < 1.29 is 13.2 Å². The van der Waals surface area contributed by atoms with E-state index in [1.54, 1.807) is 35.6 Å². The zero-order valence-electron chi connectivity index (χ0n) is 16.4. The van der Waals surface area contributed by atoms with Gasteiger partial charge in [0.25, 0.3) is 5.91 Å². The van der Waals surface area contributed by atoms with Gasteiger partial charge in [-0.2, -0.15) is 9.40 Å². The highest BCUT2D eigenvalue weighted by Crippen LogP contribution is 2.26. The van der Waals surface area contributed by atoms with E-state index in [2.05, 4.69) is 10.1 Å². The van der Waals surface area contributed by atoms with Gasteiger partial charge >= 0.3 is 0 Å². The molecule has 0 spiro atoms. The Kier molecular flexibility index (Phi) is 5.79. The van der Waals surface area contributed by atoms with Gasteiger partial charge in [-0.15, -0.1) is 0 Å². The number of halogens is 1. The first-order valence-corrected chi connectivity index (χ1v) is 10.9. The molecular weight excluding hydrogens is 402 g/mol. The number of carbonyl (C=O) groups excluding carboxylic acids is 1. The highest BCUT2D eigenvalue weighted by Gasteiger charge is 2.34. The molecule has 28 heavy (non-hydrogen) atoms. The van der Waals surface area contributed by atoms with Crippen LogP contribution in [0, 0.1) is 13.8 Å². The molecule has 0 N–H and O–H groups in total. The van der Waals surface area contributed by atoms with E-state index in [9.17, 15) is 13.2 Å². The molecule has 152 valence electrons. The Bertz CT molecular complexity index is 977. The summed E-state index contributed by atoms with van der Waals surface area (Å²) in [6, 6.07) is 3.26. The summed E-state index contributed by atoms with van der Waals surface area (Å²) in [5, 5.41) is 4.71. The van der Waals surface area contributed by atoms with Crippen LogP contribution in [-0.2, 0) is 10.0 Å². The number of hydrogen-bond acceptors (Lipinski definition) is 5. The molecule has 2 aromatic rings. The first-order valence-electron chi connectivity index (χ1n) is 9.09. The fourth-order valence-corrected chi connectivity index (χ4v) is 5.36. The van der Waals surface area contributed by atoms with E-state index in [4.69, 9.17) is 11.6 Å². The van der Waals surface area contributed by atoms with Crippen LogP contribution in [0.3, 0.4) is 0 Å². The lowest BCUT2D eigenvalue weighted by Crippen LogP contribution is -2.50. The van der Waals surface area contributed by atoms with E-state index in [1.165, 1.54) is 10.5 Å². The van der Waals surface area contributed by atoms with E-state index < -0.39 is 10.0 Å². The third-order valence-corrected chi connectivity index (χ3v) is 7.22. The largest absolute Gasteiger partial charge is 0.336 e. The fraction of sp³-hybridized carbons (Fsp3) is 0.500. The van der Waals surface area contributed by atoms with Crippen LogP contribution in [0.5, 0.6) is 0 Å². The number of nitrogens with zero attached hydrogens (tertiary/aromatic N) is 5. The predicted molar refractivity (Wildman–Crippen MR) is 106 cm³/mol. The Morgan fingerprint density at radius 1 is 1.14 bits per heavy atom. The molecule has 0 saturated carbocycles. The third-order valence-electron chi connectivity index (χ3n) is 4.85. The maximum absolute atomic E-state index is 13.2. The van der Waals surface area contributed by atoms with Crippen LogP contribution in [-0.4, -0.2) is 64.5 Å². The van der Waals surface area contributed by atoms with Crippen molar-refractivity contribution in [1.82, 2.24) is 24.0 Å². The molecular formula is C18H24ClN5O3S. The summed E-state index contributed by atoms with van der Waals surface area (Å²) < 4.78 is 29.5. The Morgan fingerprint density at radius 3 is 2.29 bits per heavy atom. The van der Waals surface area contributed by atoms with Gasteiger partial charge in [0.1, 0.15) is 10.0 Å². The maximum Gasteiger partial charge on any atom is 0.255 e. The summed E-state index contributed by atoms with van der Waals surface area (Å²) in [6.07, 6.45) is 1.43. The van der Waals surface area contributed by atoms with E-state index in [0.29, 0.717) is 35.2 Å². The average Bonchev–Trinajstić information content (AvgIpc) is 2.97. The normalized spacial score (nSPS) is 16.0. The van der Waals surface area contributed by atoms with E-state index in [-0.39, 0.29) is 29.9 Å². The molecule has 0 radical (unpaired) electrons. The van der Waals surface area contributed by atoms with E-state index >= 15 is 0 Å². The summed E-state index contributed by atoms with van der Waals surface area (Å²) in [6.45, 7) is 8.53. The lowest BCUT2D eigenvalue weighted by molar-refractivity contribution is 0.0697. The van der Waals surface area contributed by atoms with Crippen molar-refractivity contribution in [2.45, 2.75) is 38.6 Å². The van der Waals surface area contributed by atoms with Crippen LogP contribution in [0.4, 0.5) is 0 Å². The molecule has 0 bridgehead atoms. The molecule has 3 heterocycles. The molecule has 1 fully saturated rings. The maximum atomic E-state index is 13.2. The molecule has 0 aliphatic carbocycles. The lowest BCUT2D eigenvalue weighted by atomic mass is 10.2. The van der Waals surface area contributed by atoms with E-state index in [1.807, 2.05) is 13.8 Å². The summed E-state index contributed by atoms with van der Waals surface area (Å²) in [7, 11) is -3.67. The number of rotatable bonds is 4. The van der Waals surface area contributed by atoms with Crippen molar-refractivity contribution in [3.05, 3.63) is 40.4 Å². The van der Waals surface area contributed by atoms with Crippen molar-refractivity contribution >= 4 is 27.5 Å². The second kappa shape index (κ2) is 7.81.